The quantitative estimate of drug-likeness (QED) is 0.746. The number of rotatable bonds is 5. The molecule has 0 radical (unpaired) electrons. The van der Waals surface area contributed by atoms with E-state index in [-0.39, 0.29) is 0 Å². The van der Waals surface area contributed by atoms with Crippen molar-refractivity contribution in [3.05, 3.63) is 17.3 Å². The molecule has 0 aliphatic heterocycles. The van der Waals surface area contributed by atoms with E-state index in [4.69, 9.17) is 0 Å². The van der Waals surface area contributed by atoms with Gasteiger partial charge in [-0.3, -0.25) is 0 Å². The van der Waals surface area contributed by atoms with Gasteiger partial charge in [-0.2, -0.15) is 0 Å². The molecule has 0 saturated heterocycles. The Bertz CT molecular complexity index is 578. The molecule has 2 aromatic rings. The lowest BCUT2D eigenvalue weighted by molar-refractivity contribution is 0.617. The molecule has 5 heteroatoms. The number of aromatic nitrogens is 2. The van der Waals surface area contributed by atoms with Crippen molar-refractivity contribution in [3.63, 3.8) is 0 Å². The van der Waals surface area contributed by atoms with Gasteiger partial charge in [-0.05, 0) is 25.3 Å². The monoisotopic (exact) mass is 353 g/mol. The van der Waals surface area contributed by atoms with Gasteiger partial charge in [-0.15, -0.1) is 11.3 Å². The Balaban J connectivity index is 2.02. The maximum atomic E-state index is 4.62. The van der Waals surface area contributed by atoms with Gasteiger partial charge in [0.05, 0.1) is 5.39 Å². The smallest absolute Gasteiger partial charge is 0.141 e. The standard InChI is InChI=1S/C15H20BrN3S/c1-2-12-9-13-14(17-10-18-15(13)20-12)19(8-7-16)11-5-3-4-6-11/h9-11H,2-8H2,1H3. The summed E-state index contributed by atoms with van der Waals surface area (Å²) in [6.07, 6.45) is 8.09. The Morgan fingerprint density at radius 1 is 1.35 bits per heavy atom. The molecule has 2 heterocycles. The Kier molecular flexibility index (Phi) is 4.56. The maximum absolute atomic E-state index is 4.62. The minimum Gasteiger partial charge on any atom is -0.352 e. The number of anilines is 1. The summed E-state index contributed by atoms with van der Waals surface area (Å²) >= 11 is 5.39. The second kappa shape index (κ2) is 6.39. The fraction of sp³-hybridized carbons (Fsp3) is 0.600. The molecule has 1 aliphatic rings. The van der Waals surface area contributed by atoms with Gasteiger partial charge in [0.25, 0.3) is 0 Å². The van der Waals surface area contributed by atoms with Crippen LogP contribution in [0.4, 0.5) is 5.82 Å². The predicted octanol–water partition coefficient (Wildman–Crippen LogP) is 4.40. The number of halogens is 1. The van der Waals surface area contributed by atoms with Crippen LogP contribution in [0.15, 0.2) is 12.4 Å². The Morgan fingerprint density at radius 2 is 2.15 bits per heavy atom. The fourth-order valence-corrected chi connectivity index (χ4v) is 4.38. The van der Waals surface area contributed by atoms with Crippen LogP contribution in [0.2, 0.25) is 0 Å². The number of nitrogens with zero attached hydrogens (tertiary/aromatic N) is 3. The van der Waals surface area contributed by atoms with E-state index in [2.05, 4.69) is 43.8 Å². The van der Waals surface area contributed by atoms with Gasteiger partial charge in [0.2, 0.25) is 0 Å². The molecule has 2 aromatic heterocycles. The molecule has 3 rings (SSSR count). The van der Waals surface area contributed by atoms with Crippen molar-refractivity contribution in [2.45, 2.75) is 45.1 Å². The highest BCUT2D eigenvalue weighted by Gasteiger charge is 2.25. The van der Waals surface area contributed by atoms with Crippen molar-refractivity contribution in [2.75, 3.05) is 16.8 Å². The number of hydrogen-bond donors (Lipinski definition) is 0. The van der Waals surface area contributed by atoms with E-state index >= 15 is 0 Å². The third kappa shape index (κ3) is 2.70. The van der Waals surface area contributed by atoms with Crippen molar-refractivity contribution in [2.24, 2.45) is 0 Å². The van der Waals surface area contributed by atoms with E-state index in [0.717, 1.165) is 28.9 Å². The van der Waals surface area contributed by atoms with Crippen LogP contribution >= 0.6 is 27.3 Å². The molecule has 0 bridgehead atoms. The average Bonchev–Trinajstić information content (AvgIpc) is 3.12. The molecular formula is C15H20BrN3S. The van der Waals surface area contributed by atoms with Gasteiger partial charge in [0.1, 0.15) is 17.0 Å². The summed E-state index contributed by atoms with van der Waals surface area (Å²) < 4.78 is 0. The van der Waals surface area contributed by atoms with Crippen LogP contribution in [0.1, 0.15) is 37.5 Å². The largest absolute Gasteiger partial charge is 0.352 e. The van der Waals surface area contributed by atoms with Gasteiger partial charge in [0, 0.05) is 22.8 Å². The van der Waals surface area contributed by atoms with Crippen LogP contribution < -0.4 is 4.90 Å². The molecule has 1 aliphatic carbocycles. The first kappa shape index (κ1) is 14.3. The summed E-state index contributed by atoms with van der Waals surface area (Å²) in [6.45, 7) is 3.22. The lowest BCUT2D eigenvalue weighted by atomic mass is 10.2. The number of fused-ring (bicyclic) bond motifs is 1. The van der Waals surface area contributed by atoms with Crippen LogP contribution in [0.3, 0.4) is 0 Å². The summed E-state index contributed by atoms with van der Waals surface area (Å²) in [6, 6.07) is 2.93. The molecule has 20 heavy (non-hydrogen) atoms. The van der Waals surface area contributed by atoms with Crippen molar-refractivity contribution in [3.8, 4) is 0 Å². The minimum atomic E-state index is 0.649. The third-order valence-electron chi connectivity index (χ3n) is 4.07. The van der Waals surface area contributed by atoms with Crippen molar-refractivity contribution < 1.29 is 0 Å². The molecule has 0 amide bonds. The SMILES string of the molecule is CCc1cc2c(N(CCBr)C3CCCC3)ncnc2s1. The first-order valence-electron chi connectivity index (χ1n) is 7.39. The highest BCUT2D eigenvalue weighted by molar-refractivity contribution is 9.09. The topological polar surface area (TPSA) is 29.0 Å². The van der Waals surface area contributed by atoms with Crippen LogP contribution in [0, 0.1) is 0 Å². The van der Waals surface area contributed by atoms with Crippen LogP contribution in [-0.2, 0) is 6.42 Å². The summed E-state index contributed by atoms with van der Waals surface area (Å²) in [5.74, 6) is 1.14. The van der Waals surface area contributed by atoms with Crippen LogP contribution in [-0.4, -0.2) is 27.9 Å². The molecule has 0 spiro atoms. The van der Waals surface area contributed by atoms with Crippen LogP contribution in [0.5, 0.6) is 0 Å². The molecule has 0 N–H and O–H groups in total. The normalized spacial score (nSPS) is 16.1. The Hall–Kier alpha value is -0.680. The summed E-state index contributed by atoms with van der Waals surface area (Å²) in [5.41, 5.74) is 0. The van der Waals surface area contributed by atoms with Crippen LogP contribution in [0.25, 0.3) is 10.2 Å². The van der Waals surface area contributed by atoms with E-state index < -0.39 is 0 Å². The molecule has 3 nitrogen and oxygen atoms in total. The first-order valence-corrected chi connectivity index (χ1v) is 9.33. The van der Waals surface area contributed by atoms with E-state index in [1.54, 1.807) is 17.7 Å². The number of alkyl halides is 1. The van der Waals surface area contributed by atoms with Gasteiger partial charge in [-0.25, -0.2) is 9.97 Å². The van der Waals surface area contributed by atoms with Gasteiger partial charge < -0.3 is 4.90 Å². The molecule has 0 aromatic carbocycles. The molecule has 1 saturated carbocycles. The zero-order chi connectivity index (χ0) is 13.9. The van der Waals surface area contributed by atoms with Gasteiger partial charge >= 0.3 is 0 Å². The summed E-state index contributed by atoms with van der Waals surface area (Å²) in [4.78, 5) is 14.1. The fourth-order valence-electron chi connectivity index (χ4n) is 3.06. The van der Waals surface area contributed by atoms with Crippen molar-refractivity contribution >= 4 is 43.3 Å². The van der Waals surface area contributed by atoms with Gasteiger partial charge in [-0.1, -0.05) is 35.7 Å². The first-order chi connectivity index (χ1) is 9.83. The third-order valence-corrected chi connectivity index (χ3v) is 5.61. The van der Waals surface area contributed by atoms with Gasteiger partial charge in [0.15, 0.2) is 0 Å². The number of thiophene rings is 1. The highest BCUT2D eigenvalue weighted by Crippen LogP contribution is 2.34. The maximum Gasteiger partial charge on any atom is 0.141 e. The highest BCUT2D eigenvalue weighted by atomic mass is 79.9. The Morgan fingerprint density at radius 3 is 2.85 bits per heavy atom. The minimum absolute atomic E-state index is 0.649. The molecular weight excluding hydrogens is 334 g/mol. The second-order valence-corrected chi connectivity index (χ2v) is 7.21. The van der Waals surface area contributed by atoms with Crippen molar-refractivity contribution in [1.82, 2.24) is 9.97 Å². The molecule has 108 valence electrons. The predicted molar refractivity (Wildman–Crippen MR) is 90.2 cm³/mol. The second-order valence-electron chi connectivity index (χ2n) is 5.30. The van der Waals surface area contributed by atoms with Crippen molar-refractivity contribution in [1.29, 1.82) is 0 Å². The molecule has 1 fully saturated rings. The zero-order valence-electron chi connectivity index (χ0n) is 11.8. The summed E-state index contributed by atoms with van der Waals surface area (Å²) in [7, 11) is 0. The average molecular weight is 354 g/mol. The number of hydrogen-bond acceptors (Lipinski definition) is 4. The lowest BCUT2D eigenvalue weighted by Crippen LogP contribution is -2.35. The van der Waals surface area contributed by atoms with E-state index in [1.807, 2.05) is 0 Å². The van der Waals surface area contributed by atoms with E-state index in [0.29, 0.717) is 6.04 Å². The number of aryl methyl sites for hydroxylation is 1. The Labute approximate surface area is 132 Å². The zero-order valence-corrected chi connectivity index (χ0v) is 14.2. The lowest BCUT2D eigenvalue weighted by Gasteiger charge is -2.29. The van der Waals surface area contributed by atoms with E-state index in [9.17, 15) is 0 Å². The molecule has 0 atom stereocenters. The molecule has 0 unspecified atom stereocenters. The summed E-state index contributed by atoms with van der Waals surface area (Å²) in [5, 5.41) is 2.22. The van der Waals surface area contributed by atoms with E-state index in [1.165, 1.54) is 35.9 Å².